The number of rotatable bonds is 7. The molecule has 1 saturated heterocycles. The van der Waals surface area contributed by atoms with Gasteiger partial charge in [0.25, 0.3) is 0 Å². The van der Waals surface area contributed by atoms with E-state index in [4.69, 9.17) is 4.74 Å². The monoisotopic (exact) mass is 469 g/mol. The van der Waals surface area contributed by atoms with Crippen LogP contribution in [0.4, 0.5) is 13.2 Å². The van der Waals surface area contributed by atoms with Crippen LogP contribution >= 0.6 is 0 Å². The topological polar surface area (TPSA) is 29.5 Å². The molecule has 180 valence electrons. The normalized spacial score (nSPS) is 27.1. The fourth-order valence-electron chi connectivity index (χ4n) is 5.80. The molecule has 1 aromatic rings. The number of fused-ring (bicyclic) bond motifs is 1. The van der Waals surface area contributed by atoms with Crippen LogP contribution in [0.1, 0.15) is 62.1 Å². The van der Waals surface area contributed by atoms with Gasteiger partial charge in [-0.25, -0.2) is 0 Å². The molecule has 1 heterocycles. The lowest BCUT2D eigenvalue weighted by atomic mass is 9.68. The zero-order valence-corrected chi connectivity index (χ0v) is 20.9. The van der Waals surface area contributed by atoms with Gasteiger partial charge in [-0.15, -0.1) is 0 Å². The Bertz CT molecular complexity index is 760. The van der Waals surface area contributed by atoms with Gasteiger partial charge >= 0.3 is 12.1 Å². The molecule has 4 atom stereocenters. The second-order valence-electron chi connectivity index (χ2n) is 10.8. The third-order valence-corrected chi connectivity index (χ3v) is 9.22. The second kappa shape index (κ2) is 10.3. The molecule has 32 heavy (non-hydrogen) atoms. The average Bonchev–Trinajstić information content (AvgIpc) is 2.73. The van der Waals surface area contributed by atoms with Crippen molar-refractivity contribution in [3.63, 3.8) is 0 Å². The van der Waals surface area contributed by atoms with Crippen LogP contribution in [0.2, 0.25) is 25.7 Å². The molecule has 2 fully saturated rings. The van der Waals surface area contributed by atoms with E-state index in [0.29, 0.717) is 18.4 Å². The van der Waals surface area contributed by atoms with Gasteiger partial charge < -0.3 is 4.74 Å². The lowest BCUT2D eigenvalue weighted by molar-refractivity contribution is -0.144. The summed E-state index contributed by atoms with van der Waals surface area (Å²) in [5, 5.41) is 0. The van der Waals surface area contributed by atoms with E-state index in [2.05, 4.69) is 24.5 Å². The van der Waals surface area contributed by atoms with Crippen LogP contribution < -0.4 is 0 Å². The van der Waals surface area contributed by atoms with E-state index >= 15 is 0 Å². The van der Waals surface area contributed by atoms with Crippen LogP contribution in [0.15, 0.2) is 24.3 Å². The molecule has 3 nitrogen and oxygen atoms in total. The molecule has 7 heteroatoms. The number of hydrogen-bond acceptors (Lipinski definition) is 3. The fraction of sp³-hybridized carbons (Fsp3) is 0.720. The van der Waals surface area contributed by atoms with Crippen LogP contribution in [-0.2, 0) is 15.7 Å². The Hall–Kier alpha value is -1.34. The van der Waals surface area contributed by atoms with Crippen molar-refractivity contribution in [3.05, 3.63) is 35.4 Å². The van der Waals surface area contributed by atoms with Crippen molar-refractivity contribution in [1.29, 1.82) is 0 Å². The van der Waals surface area contributed by atoms with Crippen molar-refractivity contribution in [2.75, 3.05) is 13.7 Å². The molecule has 2 aliphatic rings. The van der Waals surface area contributed by atoms with Crippen molar-refractivity contribution in [1.82, 2.24) is 4.90 Å². The zero-order valence-electron chi connectivity index (χ0n) is 19.9. The fourth-order valence-corrected chi connectivity index (χ4v) is 7.02. The van der Waals surface area contributed by atoms with Gasteiger partial charge in [-0.05, 0) is 61.8 Å². The van der Waals surface area contributed by atoms with Gasteiger partial charge in [0.15, 0.2) is 0 Å². The highest BCUT2D eigenvalue weighted by atomic mass is 28.3. The van der Waals surface area contributed by atoms with E-state index in [1.54, 1.807) is 12.1 Å². The molecule has 0 bridgehead atoms. The van der Waals surface area contributed by atoms with Crippen LogP contribution in [0.25, 0.3) is 0 Å². The second-order valence-corrected chi connectivity index (χ2v) is 16.5. The maximum atomic E-state index is 13.1. The maximum absolute atomic E-state index is 13.1. The summed E-state index contributed by atoms with van der Waals surface area (Å²) in [5.41, 5.74) is 0.328. The summed E-state index contributed by atoms with van der Waals surface area (Å²) in [7, 11) is 0.262. The first-order valence-corrected chi connectivity index (χ1v) is 15.7. The number of esters is 1. The number of piperidine rings is 1. The third kappa shape index (κ3) is 6.37. The lowest BCUT2D eigenvalue weighted by Gasteiger charge is -2.52. The minimum absolute atomic E-state index is 0.0490. The van der Waals surface area contributed by atoms with E-state index < -0.39 is 19.8 Å². The van der Waals surface area contributed by atoms with Crippen LogP contribution in [-0.4, -0.2) is 38.6 Å². The highest BCUT2D eigenvalue weighted by Gasteiger charge is 2.45. The van der Waals surface area contributed by atoms with Crippen LogP contribution in [0, 0.1) is 11.8 Å². The number of alkyl halides is 3. The molecule has 1 saturated carbocycles. The molecule has 4 unspecified atom stereocenters. The molecular formula is C25H38F3NO2Si. The summed E-state index contributed by atoms with van der Waals surface area (Å²) < 4.78 is 44.4. The molecule has 0 amide bonds. The minimum Gasteiger partial charge on any atom is -0.469 e. The zero-order chi connectivity index (χ0) is 23.5. The smallest absolute Gasteiger partial charge is 0.416 e. The van der Waals surface area contributed by atoms with E-state index in [1.807, 2.05) is 0 Å². The van der Waals surface area contributed by atoms with Crippen molar-refractivity contribution >= 4 is 14.0 Å². The van der Waals surface area contributed by atoms with Gasteiger partial charge in [-0.3, -0.25) is 9.69 Å². The minimum atomic E-state index is -4.33. The van der Waals surface area contributed by atoms with Crippen molar-refractivity contribution < 1.29 is 22.7 Å². The van der Waals surface area contributed by atoms with Gasteiger partial charge in [0.05, 0.1) is 12.7 Å². The summed E-state index contributed by atoms with van der Waals surface area (Å²) in [4.78, 5) is 14.7. The predicted molar refractivity (Wildman–Crippen MR) is 124 cm³/mol. The number of halogens is 3. The number of methoxy groups -OCH3 is 1. The van der Waals surface area contributed by atoms with E-state index in [9.17, 15) is 18.0 Å². The van der Waals surface area contributed by atoms with Gasteiger partial charge in [-0.1, -0.05) is 50.7 Å². The largest absolute Gasteiger partial charge is 0.469 e. The first kappa shape index (κ1) is 25.3. The quantitative estimate of drug-likeness (QED) is 0.321. The molecule has 1 aliphatic carbocycles. The highest BCUT2D eigenvalue weighted by Crippen LogP contribution is 2.48. The number of carbonyl (C=O) groups excluding carboxylic acids is 1. The van der Waals surface area contributed by atoms with Crippen LogP contribution in [0.3, 0.4) is 0 Å². The first-order chi connectivity index (χ1) is 15.0. The molecule has 0 N–H and O–H groups in total. The molecule has 3 rings (SSSR count). The first-order valence-electron chi connectivity index (χ1n) is 12.0. The van der Waals surface area contributed by atoms with Crippen molar-refractivity contribution in [3.8, 4) is 0 Å². The maximum Gasteiger partial charge on any atom is 0.416 e. The molecule has 1 aliphatic heterocycles. The Morgan fingerprint density at radius 2 is 1.78 bits per heavy atom. The molecular weight excluding hydrogens is 431 g/mol. The SMILES string of the molecule is COC(=O)CC1CC(c2ccc(C(F)(F)F)cc2)N(CCC[Si](C)(C)C)C2CCCCC12. The highest BCUT2D eigenvalue weighted by molar-refractivity contribution is 6.76. The van der Waals surface area contributed by atoms with E-state index in [-0.39, 0.29) is 17.9 Å². The third-order valence-electron chi connectivity index (χ3n) is 7.36. The Kier molecular flexibility index (Phi) is 8.13. The van der Waals surface area contributed by atoms with Gasteiger partial charge in [0.2, 0.25) is 0 Å². The van der Waals surface area contributed by atoms with Crippen molar-refractivity contribution in [2.45, 2.75) is 88.9 Å². The van der Waals surface area contributed by atoms with Gasteiger partial charge in [0, 0.05) is 26.6 Å². The summed E-state index contributed by atoms with van der Waals surface area (Å²) in [6.45, 7) is 8.12. The molecule has 0 radical (unpaired) electrons. The number of likely N-dealkylation sites (tertiary alicyclic amines) is 1. The Balaban J connectivity index is 1.89. The van der Waals surface area contributed by atoms with Gasteiger partial charge in [0.1, 0.15) is 0 Å². The number of hydrogen-bond donors (Lipinski definition) is 0. The lowest BCUT2D eigenvalue weighted by Crippen LogP contribution is -2.52. The van der Waals surface area contributed by atoms with Crippen molar-refractivity contribution in [2.24, 2.45) is 11.8 Å². The standard InChI is InChI=1S/C25H38F3NO2Si/c1-31-24(30)17-19-16-23(18-10-12-20(13-11-18)25(26,27)28)29(14-7-15-32(2,3)4)22-9-6-5-8-21(19)22/h10-13,19,21-23H,5-9,14-17H2,1-4H3. The molecule has 0 spiro atoms. The predicted octanol–water partition coefficient (Wildman–Crippen LogP) is 6.92. The Labute approximate surface area is 191 Å². The van der Waals surface area contributed by atoms with E-state index in [1.165, 1.54) is 38.1 Å². The van der Waals surface area contributed by atoms with Crippen LogP contribution in [0.5, 0.6) is 0 Å². The molecule has 1 aromatic carbocycles. The number of carbonyl (C=O) groups is 1. The summed E-state index contributed by atoms with van der Waals surface area (Å²) in [6, 6.07) is 7.39. The number of ether oxygens (including phenoxy) is 1. The average molecular weight is 470 g/mol. The molecule has 0 aromatic heterocycles. The van der Waals surface area contributed by atoms with Gasteiger partial charge in [-0.2, -0.15) is 13.2 Å². The number of benzene rings is 1. The summed E-state index contributed by atoms with van der Waals surface area (Å²) in [5.74, 6) is 0.492. The number of nitrogens with zero attached hydrogens (tertiary/aromatic N) is 1. The Morgan fingerprint density at radius 1 is 1.12 bits per heavy atom. The van der Waals surface area contributed by atoms with E-state index in [0.717, 1.165) is 37.8 Å². The Morgan fingerprint density at radius 3 is 2.38 bits per heavy atom. The summed E-state index contributed by atoms with van der Waals surface area (Å²) >= 11 is 0. The summed E-state index contributed by atoms with van der Waals surface area (Å²) in [6.07, 6.45) is 2.58.